The lowest BCUT2D eigenvalue weighted by molar-refractivity contribution is -0.141. The molecule has 1 aromatic heterocycles. The van der Waals surface area contributed by atoms with Crippen LogP contribution in [0.25, 0.3) is 10.9 Å². The van der Waals surface area contributed by atoms with Crippen LogP contribution < -0.4 is 10.9 Å². The summed E-state index contributed by atoms with van der Waals surface area (Å²) in [6.45, 7) is 4.54. The summed E-state index contributed by atoms with van der Waals surface area (Å²) >= 11 is 1.13. The average Bonchev–Trinajstić information content (AvgIpc) is 2.62. The van der Waals surface area contributed by atoms with Gasteiger partial charge in [-0.25, -0.2) is 4.98 Å². The molecule has 1 aromatic carbocycles. The number of esters is 1. The van der Waals surface area contributed by atoms with Crippen molar-refractivity contribution in [3.63, 3.8) is 0 Å². The molecule has 2 aromatic rings. The smallest absolute Gasteiger partial charge is 0.325 e. The fourth-order valence-corrected chi connectivity index (χ4v) is 3.10. The van der Waals surface area contributed by atoms with Crippen LogP contribution in [0.15, 0.2) is 34.2 Å². The molecule has 0 fully saturated rings. The normalized spacial score (nSPS) is 10.9. The number of nitrogens with zero attached hydrogens (tertiary/aromatic N) is 2. The average molecular weight is 377 g/mol. The molecule has 0 unspecified atom stereocenters. The van der Waals surface area contributed by atoms with Crippen LogP contribution in [0.4, 0.5) is 0 Å². The second-order valence-electron chi connectivity index (χ2n) is 6.20. The van der Waals surface area contributed by atoms with E-state index >= 15 is 0 Å². The predicted molar refractivity (Wildman–Crippen MR) is 101 cm³/mol. The highest BCUT2D eigenvalue weighted by molar-refractivity contribution is 7.99. The zero-order valence-electron chi connectivity index (χ0n) is 15.2. The third kappa shape index (κ3) is 5.32. The maximum atomic E-state index is 12.7. The number of aromatic nitrogens is 2. The third-order valence-corrected chi connectivity index (χ3v) is 4.69. The monoisotopic (exact) mass is 377 g/mol. The minimum Gasteiger partial charge on any atom is -0.468 e. The fourth-order valence-electron chi connectivity index (χ4n) is 2.27. The van der Waals surface area contributed by atoms with E-state index in [1.165, 1.54) is 11.7 Å². The van der Waals surface area contributed by atoms with Gasteiger partial charge in [-0.3, -0.25) is 19.0 Å². The number of benzene rings is 1. The molecule has 0 aliphatic carbocycles. The minimum atomic E-state index is -0.549. The lowest BCUT2D eigenvalue weighted by Crippen LogP contribution is -2.29. The van der Waals surface area contributed by atoms with E-state index in [0.717, 1.165) is 18.2 Å². The molecule has 0 bridgehead atoms. The van der Waals surface area contributed by atoms with E-state index in [-0.39, 0.29) is 23.8 Å². The number of fused-ring (bicyclic) bond motifs is 1. The molecule has 0 atom stereocenters. The van der Waals surface area contributed by atoms with Crippen molar-refractivity contribution < 1.29 is 14.3 Å². The van der Waals surface area contributed by atoms with Crippen LogP contribution in [0.2, 0.25) is 0 Å². The summed E-state index contributed by atoms with van der Waals surface area (Å²) in [6, 6.07) is 6.91. The first-order valence-corrected chi connectivity index (χ1v) is 9.36. The Morgan fingerprint density at radius 3 is 2.73 bits per heavy atom. The molecule has 0 aliphatic heterocycles. The van der Waals surface area contributed by atoms with Gasteiger partial charge in [-0.2, -0.15) is 0 Å². The number of ether oxygens (including phenoxy) is 1. The van der Waals surface area contributed by atoms with Crippen LogP contribution in [-0.2, 0) is 20.9 Å². The minimum absolute atomic E-state index is 0.115. The van der Waals surface area contributed by atoms with Crippen LogP contribution in [0.5, 0.6) is 0 Å². The van der Waals surface area contributed by atoms with Crippen LogP contribution in [0, 0.1) is 5.92 Å². The number of methoxy groups -OCH3 is 1. The van der Waals surface area contributed by atoms with Crippen LogP contribution >= 0.6 is 11.8 Å². The summed E-state index contributed by atoms with van der Waals surface area (Å²) in [6.07, 6.45) is 0.900. The third-order valence-electron chi connectivity index (χ3n) is 3.72. The molecule has 140 valence electrons. The van der Waals surface area contributed by atoms with Crippen molar-refractivity contribution in [1.82, 2.24) is 14.9 Å². The Balaban J connectivity index is 2.21. The summed E-state index contributed by atoms with van der Waals surface area (Å²) in [7, 11) is 1.26. The second kappa shape index (κ2) is 9.38. The number of hydrogen-bond donors (Lipinski definition) is 1. The Labute approximate surface area is 156 Å². The van der Waals surface area contributed by atoms with Crippen molar-refractivity contribution in [3.8, 4) is 0 Å². The van der Waals surface area contributed by atoms with Crippen LogP contribution in [-0.4, -0.2) is 40.8 Å². The molecular weight excluding hydrogens is 354 g/mol. The number of amides is 1. The molecule has 0 saturated carbocycles. The van der Waals surface area contributed by atoms with Crippen molar-refractivity contribution in [2.45, 2.75) is 32.0 Å². The first kappa shape index (κ1) is 20.0. The zero-order chi connectivity index (χ0) is 19.1. The van der Waals surface area contributed by atoms with Crippen molar-refractivity contribution in [2.75, 3.05) is 19.4 Å². The van der Waals surface area contributed by atoms with Gasteiger partial charge in [0.1, 0.15) is 6.54 Å². The lowest BCUT2D eigenvalue weighted by atomic mass is 10.1. The number of nitrogens with one attached hydrogen (secondary N) is 1. The SMILES string of the molecule is COC(=O)Cn1c(SCC(=O)NCCC(C)C)nc2ccccc2c1=O. The van der Waals surface area contributed by atoms with Crippen molar-refractivity contribution in [1.29, 1.82) is 0 Å². The Bertz CT molecular complexity index is 848. The number of rotatable bonds is 8. The van der Waals surface area contributed by atoms with Gasteiger partial charge in [-0.1, -0.05) is 37.7 Å². The molecule has 1 N–H and O–H groups in total. The Kier molecular flexibility index (Phi) is 7.20. The highest BCUT2D eigenvalue weighted by atomic mass is 32.2. The maximum Gasteiger partial charge on any atom is 0.325 e. The Morgan fingerprint density at radius 1 is 1.31 bits per heavy atom. The highest BCUT2D eigenvalue weighted by Crippen LogP contribution is 2.17. The van der Waals surface area contributed by atoms with Crippen LogP contribution in [0.1, 0.15) is 20.3 Å². The van der Waals surface area contributed by atoms with Gasteiger partial charge in [0, 0.05) is 6.54 Å². The molecule has 7 nitrogen and oxygen atoms in total. The van der Waals surface area contributed by atoms with Crippen molar-refractivity contribution in [2.24, 2.45) is 5.92 Å². The first-order chi connectivity index (χ1) is 12.4. The fraction of sp³-hybridized carbons (Fsp3) is 0.444. The topological polar surface area (TPSA) is 90.3 Å². The number of para-hydroxylation sites is 1. The zero-order valence-corrected chi connectivity index (χ0v) is 16.0. The molecule has 2 rings (SSSR count). The lowest BCUT2D eigenvalue weighted by Gasteiger charge is -2.12. The largest absolute Gasteiger partial charge is 0.468 e. The van der Waals surface area contributed by atoms with E-state index in [9.17, 15) is 14.4 Å². The van der Waals surface area contributed by atoms with Gasteiger partial charge in [0.25, 0.3) is 5.56 Å². The van der Waals surface area contributed by atoms with Gasteiger partial charge in [-0.15, -0.1) is 0 Å². The summed E-state index contributed by atoms with van der Waals surface area (Å²) in [5.74, 6) is -0.0604. The molecule has 0 saturated heterocycles. The summed E-state index contributed by atoms with van der Waals surface area (Å²) in [5, 5.41) is 3.58. The van der Waals surface area contributed by atoms with E-state index in [1.54, 1.807) is 24.3 Å². The number of thioether (sulfide) groups is 1. The summed E-state index contributed by atoms with van der Waals surface area (Å²) in [5.41, 5.74) is 0.199. The summed E-state index contributed by atoms with van der Waals surface area (Å²) < 4.78 is 5.91. The van der Waals surface area contributed by atoms with Gasteiger partial charge in [-0.05, 0) is 24.5 Å². The number of carbonyl (C=O) groups excluding carboxylic acids is 2. The highest BCUT2D eigenvalue weighted by Gasteiger charge is 2.15. The maximum absolute atomic E-state index is 12.7. The van der Waals surface area contributed by atoms with Gasteiger partial charge >= 0.3 is 5.97 Å². The van der Waals surface area contributed by atoms with Gasteiger partial charge in [0.15, 0.2) is 5.16 Å². The standard InChI is InChI=1S/C18H23N3O4S/c1-12(2)8-9-19-15(22)11-26-18-20-14-7-5-4-6-13(14)17(24)21(18)10-16(23)25-3/h4-7,12H,8-11H2,1-3H3,(H,19,22). The van der Waals surface area contributed by atoms with Gasteiger partial charge in [0.05, 0.1) is 23.8 Å². The van der Waals surface area contributed by atoms with E-state index in [2.05, 4.69) is 28.9 Å². The quantitative estimate of drug-likeness (QED) is 0.429. The molecule has 0 aliphatic rings. The van der Waals surface area contributed by atoms with Crippen molar-refractivity contribution in [3.05, 3.63) is 34.6 Å². The van der Waals surface area contributed by atoms with Gasteiger partial charge < -0.3 is 10.1 Å². The molecule has 0 spiro atoms. The first-order valence-electron chi connectivity index (χ1n) is 8.38. The van der Waals surface area contributed by atoms with Crippen LogP contribution in [0.3, 0.4) is 0 Å². The molecule has 26 heavy (non-hydrogen) atoms. The molecule has 0 radical (unpaired) electrons. The number of carbonyl (C=O) groups is 2. The Hall–Kier alpha value is -2.35. The second-order valence-corrected chi connectivity index (χ2v) is 7.14. The van der Waals surface area contributed by atoms with E-state index in [4.69, 9.17) is 0 Å². The van der Waals surface area contributed by atoms with E-state index in [0.29, 0.717) is 28.5 Å². The molecule has 1 amide bonds. The van der Waals surface area contributed by atoms with Crippen molar-refractivity contribution >= 4 is 34.5 Å². The summed E-state index contributed by atoms with van der Waals surface area (Å²) in [4.78, 5) is 40.8. The number of hydrogen-bond acceptors (Lipinski definition) is 6. The van der Waals surface area contributed by atoms with Gasteiger partial charge in [0.2, 0.25) is 5.91 Å². The molecular formula is C18H23N3O4S. The Morgan fingerprint density at radius 2 is 2.04 bits per heavy atom. The molecule has 8 heteroatoms. The molecule has 1 heterocycles. The van der Waals surface area contributed by atoms with E-state index in [1.807, 2.05) is 0 Å². The van der Waals surface area contributed by atoms with E-state index < -0.39 is 5.97 Å². The predicted octanol–water partition coefficient (Wildman–Crippen LogP) is 1.82.